The molecule has 0 aliphatic carbocycles. The highest BCUT2D eigenvalue weighted by Gasteiger charge is 2.18. The van der Waals surface area contributed by atoms with Gasteiger partial charge in [-0.3, -0.25) is 4.79 Å². The van der Waals surface area contributed by atoms with Crippen molar-refractivity contribution in [1.29, 1.82) is 0 Å². The lowest BCUT2D eigenvalue weighted by Crippen LogP contribution is -2.25. The molecule has 17 heavy (non-hydrogen) atoms. The molecule has 0 spiro atoms. The molecule has 1 atom stereocenters. The molecule has 0 saturated carbocycles. The molecule has 2 aliphatic rings. The van der Waals surface area contributed by atoms with Crippen LogP contribution in [0.15, 0.2) is 18.2 Å². The Hall–Kier alpha value is -1.36. The molecule has 1 aromatic rings. The van der Waals surface area contributed by atoms with E-state index in [1.54, 1.807) is 0 Å². The van der Waals surface area contributed by atoms with Crippen molar-refractivity contribution < 1.29 is 9.53 Å². The predicted octanol–water partition coefficient (Wildman–Crippen LogP) is 1.93. The highest BCUT2D eigenvalue weighted by molar-refractivity contribution is 7.99. The van der Waals surface area contributed by atoms with Crippen molar-refractivity contribution >= 4 is 29.0 Å². The third-order valence-corrected chi connectivity index (χ3v) is 4.08. The SMILES string of the molecule is O=C1COc2ccc(NC3CCSC3)cc2N1. The van der Waals surface area contributed by atoms with Crippen LogP contribution in [0.4, 0.5) is 11.4 Å². The number of amides is 1. The number of thioether (sulfide) groups is 1. The molecule has 0 radical (unpaired) electrons. The second-order valence-corrected chi connectivity index (χ2v) is 5.40. The van der Waals surface area contributed by atoms with Crippen molar-refractivity contribution in [2.45, 2.75) is 12.5 Å². The summed E-state index contributed by atoms with van der Waals surface area (Å²) in [6, 6.07) is 6.38. The molecule has 2 heterocycles. The first-order valence-electron chi connectivity index (χ1n) is 5.72. The number of carbonyl (C=O) groups excluding carboxylic acids is 1. The van der Waals surface area contributed by atoms with Gasteiger partial charge in [0.25, 0.3) is 5.91 Å². The number of carbonyl (C=O) groups is 1. The molecule has 0 aromatic heterocycles. The molecule has 2 N–H and O–H groups in total. The van der Waals surface area contributed by atoms with E-state index in [1.165, 1.54) is 12.2 Å². The van der Waals surface area contributed by atoms with Gasteiger partial charge in [0.1, 0.15) is 5.75 Å². The summed E-state index contributed by atoms with van der Waals surface area (Å²) in [4.78, 5) is 11.2. The van der Waals surface area contributed by atoms with Crippen molar-refractivity contribution in [1.82, 2.24) is 0 Å². The molecule has 2 aliphatic heterocycles. The Kier molecular flexibility index (Phi) is 2.84. The molecule has 3 rings (SSSR count). The number of benzene rings is 1. The summed E-state index contributed by atoms with van der Waals surface area (Å²) in [6.45, 7) is 0.110. The summed E-state index contributed by atoms with van der Waals surface area (Å²) in [5.74, 6) is 3.03. The second-order valence-electron chi connectivity index (χ2n) is 4.25. The van der Waals surface area contributed by atoms with E-state index < -0.39 is 0 Å². The van der Waals surface area contributed by atoms with Crippen LogP contribution in [0.5, 0.6) is 5.75 Å². The molecule has 1 amide bonds. The fourth-order valence-electron chi connectivity index (χ4n) is 2.06. The molecule has 5 heteroatoms. The summed E-state index contributed by atoms with van der Waals surface area (Å²) in [7, 11) is 0. The van der Waals surface area contributed by atoms with Crippen molar-refractivity contribution in [3.05, 3.63) is 18.2 Å². The van der Waals surface area contributed by atoms with Crippen LogP contribution in [-0.2, 0) is 4.79 Å². The van der Waals surface area contributed by atoms with Gasteiger partial charge in [-0.1, -0.05) is 0 Å². The monoisotopic (exact) mass is 250 g/mol. The minimum absolute atomic E-state index is 0.0916. The van der Waals surface area contributed by atoms with E-state index in [2.05, 4.69) is 10.6 Å². The van der Waals surface area contributed by atoms with Crippen LogP contribution in [0.2, 0.25) is 0 Å². The number of nitrogens with one attached hydrogen (secondary N) is 2. The minimum atomic E-state index is -0.0916. The van der Waals surface area contributed by atoms with Crippen molar-refractivity contribution in [2.75, 3.05) is 28.7 Å². The Bertz CT molecular complexity index is 444. The van der Waals surface area contributed by atoms with E-state index in [4.69, 9.17) is 4.74 Å². The van der Waals surface area contributed by atoms with Crippen LogP contribution >= 0.6 is 11.8 Å². The molecular weight excluding hydrogens is 236 g/mol. The van der Waals surface area contributed by atoms with E-state index in [0.29, 0.717) is 6.04 Å². The summed E-state index contributed by atoms with van der Waals surface area (Å²) in [6.07, 6.45) is 1.20. The molecular formula is C12H14N2O2S. The molecule has 1 aromatic carbocycles. The zero-order valence-electron chi connectivity index (χ0n) is 9.36. The standard InChI is InChI=1S/C12H14N2O2S/c15-12-6-16-11-2-1-8(5-10(11)14-12)13-9-3-4-17-7-9/h1-2,5,9,13H,3-4,6-7H2,(H,14,15). The van der Waals surface area contributed by atoms with Gasteiger partial charge in [0.2, 0.25) is 0 Å². The van der Waals surface area contributed by atoms with E-state index >= 15 is 0 Å². The summed E-state index contributed by atoms with van der Waals surface area (Å²) < 4.78 is 5.32. The van der Waals surface area contributed by atoms with E-state index in [0.717, 1.165) is 22.9 Å². The van der Waals surface area contributed by atoms with Crippen LogP contribution in [0.3, 0.4) is 0 Å². The average Bonchev–Trinajstić information content (AvgIpc) is 2.81. The molecule has 90 valence electrons. The van der Waals surface area contributed by atoms with Crippen molar-refractivity contribution in [2.24, 2.45) is 0 Å². The second kappa shape index (κ2) is 4.49. The van der Waals surface area contributed by atoms with Crippen LogP contribution < -0.4 is 15.4 Å². The maximum atomic E-state index is 11.2. The molecule has 0 bridgehead atoms. The maximum absolute atomic E-state index is 11.2. The molecule has 1 fully saturated rings. The fourth-order valence-corrected chi connectivity index (χ4v) is 3.21. The number of hydrogen-bond acceptors (Lipinski definition) is 4. The number of fused-ring (bicyclic) bond motifs is 1. The van der Waals surface area contributed by atoms with E-state index in [-0.39, 0.29) is 12.5 Å². The van der Waals surface area contributed by atoms with Crippen LogP contribution in [0, 0.1) is 0 Å². The summed E-state index contributed by atoms with van der Waals surface area (Å²) in [5, 5.41) is 6.29. The lowest BCUT2D eigenvalue weighted by Gasteiger charge is -2.20. The molecule has 1 unspecified atom stereocenters. The predicted molar refractivity (Wildman–Crippen MR) is 69.9 cm³/mol. The van der Waals surface area contributed by atoms with Gasteiger partial charge >= 0.3 is 0 Å². The highest BCUT2D eigenvalue weighted by Crippen LogP contribution is 2.31. The van der Waals surface area contributed by atoms with Gasteiger partial charge in [-0.05, 0) is 30.4 Å². The lowest BCUT2D eigenvalue weighted by atomic mass is 10.2. The Morgan fingerprint density at radius 1 is 1.47 bits per heavy atom. The van der Waals surface area contributed by atoms with Crippen LogP contribution in [0.25, 0.3) is 0 Å². The Balaban J connectivity index is 1.77. The number of hydrogen-bond donors (Lipinski definition) is 2. The molecule has 4 nitrogen and oxygen atoms in total. The largest absolute Gasteiger partial charge is 0.482 e. The smallest absolute Gasteiger partial charge is 0.262 e. The first-order chi connectivity index (χ1) is 8.31. The van der Waals surface area contributed by atoms with Gasteiger partial charge in [0.05, 0.1) is 5.69 Å². The van der Waals surface area contributed by atoms with Gasteiger partial charge < -0.3 is 15.4 Å². The number of rotatable bonds is 2. The minimum Gasteiger partial charge on any atom is -0.482 e. The van der Waals surface area contributed by atoms with Crippen molar-refractivity contribution in [3.8, 4) is 5.75 Å². The Labute approximate surface area is 104 Å². The normalized spacial score (nSPS) is 22.6. The first kappa shape index (κ1) is 10.8. The Morgan fingerprint density at radius 2 is 2.41 bits per heavy atom. The van der Waals surface area contributed by atoms with Crippen LogP contribution in [0.1, 0.15) is 6.42 Å². The third-order valence-electron chi connectivity index (χ3n) is 2.91. The first-order valence-corrected chi connectivity index (χ1v) is 6.88. The highest BCUT2D eigenvalue weighted by atomic mass is 32.2. The lowest BCUT2D eigenvalue weighted by molar-refractivity contribution is -0.118. The number of anilines is 2. The van der Waals surface area contributed by atoms with E-state index in [9.17, 15) is 4.79 Å². The van der Waals surface area contributed by atoms with Gasteiger partial charge in [-0.25, -0.2) is 0 Å². The Morgan fingerprint density at radius 3 is 3.24 bits per heavy atom. The zero-order valence-corrected chi connectivity index (χ0v) is 10.2. The van der Waals surface area contributed by atoms with E-state index in [1.807, 2.05) is 30.0 Å². The quantitative estimate of drug-likeness (QED) is 0.842. The average molecular weight is 250 g/mol. The van der Waals surface area contributed by atoms with Gasteiger partial charge in [0.15, 0.2) is 6.61 Å². The fraction of sp³-hybridized carbons (Fsp3) is 0.417. The van der Waals surface area contributed by atoms with Gasteiger partial charge in [0, 0.05) is 17.5 Å². The van der Waals surface area contributed by atoms with Crippen molar-refractivity contribution in [3.63, 3.8) is 0 Å². The van der Waals surface area contributed by atoms with Gasteiger partial charge in [-0.15, -0.1) is 0 Å². The molecule has 1 saturated heterocycles. The summed E-state index contributed by atoms with van der Waals surface area (Å²) >= 11 is 1.97. The zero-order chi connectivity index (χ0) is 11.7. The van der Waals surface area contributed by atoms with Crippen LogP contribution in [-0.4, -0.2) is 30.1 Å². The third kappa shape index (κ3) is 2.34. The van der Waals surface area contributed by atoms with Gasteiger partial charge in [-0.2, -0.15) is 11.8 Å². The summed E-state index contributed by atoms with van der Waals surface area (Å²) in [5.41, 5.74) is 1.80. The maximum Gasteiger partial charge on any atom is 0.262 e. The number of ether oxygens (including phenoxy) is 1. The topological polar surface area (TPSA) is 50.4 Å².